The van der Waals surface area contributed by atoms with E-state index in [1.54, 1.807) is 11.3 Å². The summed E-state index contributed by atoms with van der Waals surface area (Å²) >= 11 is 1.68. The largest absolute Gasteiger partial charge is 0.384 e. The molecule has 4 heteroatoms. The fraction of sp³-hybridized carbons (Fsp3) is 0.312. The van der Waals surface area contributed by atoms with Crippen LogP contribution in [0.15, 0.2) is 41.8 Å². The van der Waals surface area contributed by atoms with Gasteiger partial charge < -0.3 is 10.6 Å². The number of fused-ring (bicyclic) bond motifs is 1. The molecule has 1 amide bonds. The van der Waals surface area contributed by atoms with Crippen molar-refractivity contribution in [2.75, 3.05) is 11.9 Å². The van der Waals surface area contributed by atoms with Gasteiger partial charge in [-0.15, -0.1) is 11.3 Å². The number of anilines is 1. The van der Waals surface area contributed by atoms with E-state index in [0.29, 0.717) is 6.42 Å². The van der Waals surface area contributed by atoms with Gasteiger partial charge in [-0.1, -0.05) is 24.3 Å². The first-order valence-corrected chi connectivity index (χ1v) is 7.77. The molecule has 1 aromatic carbocycles. The average Bonchev–Trinajstić information content (AvgIpc) is 3.09. The smallest absolute Gasteiger partial charge is 0.221 e. The second-order valence-electron chi connectivity index (χ2n) is 5.17. The molecule has 104 valence electrons. The molecule has 1 aromatic heterocycles. The number of carbonyl (C=O) groups is 1. The summed E-state index contributed by atoms with van der Waals surface area (Å²) in [5.41, 5.74) is 2.42. The molecule has 2 N–H and O–H groups in total. The van der Waals surface area contributed by atoms with Gasteiger partial charge in [0.1, 0.15) is 0 Å². The minimum atomic E-state index is 0.0899. The Morgan fingerprint density at radius 1 is 1.40 bits per heavy atom. The first-order valence-electron chi connectivity index (χ1n) is 6.89. The fourth-order valence-corrected chi connectivity index (χ4v) is 3.41. The Morgan fingerprint density at radius 2 is 2.25 bits per heavy atom. The minimum absolute atomic E-state index is 0.0899. The predicted molar refractivity (Wildman–Crippen MR) is 83.2 cm³/mol. The highest BCUT2D eigenvalue weighted by atomic mass is 32.1. The van der Waals surface area contributed by atoms with E-state index in [1.165, 1.54) is 10.4 Å². The Bertz CT molecular complexity index is 594. The number of thiophene rings is 1. The lowest BCUT2D eigenvalue weighted by molar-refractivity contribution is -0.122. The molecule has 0 spiro atoms. The van der Waals surface area contributed by atoms with Crippen LogP contribution >= 0.6 is 11.3 Å². The summed E-state index contributed by atoms with van der Waals surface area (Å²) in [5.74, 6) is 0.399. The molecule has 0 saturated carbocycles. The average molecular weight is 286 g/mol. The maximum absolute atomic E-state index is 12.2. The molecule has 2 atom stereocenters. The zero-order valence-corrected chi connectivity index (χ0v) is 12.2. The van der Waals surface area contributed by atoms with Gasteiger partial charge in [0.15, 0.2) is 0 Å². The second-order valence-corrected chi connectivity index (χ2v) is 6.15. The van der Waals surface area contributed by atoms with Gasteiger partial charge in [-0.05, 0) is 30.0 Å². The lowest BCUT2D eigenvalue weighted by Crippen LogP contribution is -2.27. The first kappa shape index (κ1) is 13.2. The number of amides is 1. The van der Waals surface area contributed by atoms with Crippen LogP contribution in [0.1, 0.15) is 35.7 Å². The highest BCUT2D eigenvalue weighted by molar-refractivity contribution is 7.10. The van der Waals surface area contributed by atoms with Crippen LogP contribution in [0.2, 0.25) is 0 Å². The molecule has 0 saturated heterocycles. The van der Waals surface area contributed by atoms with Gasteiger partial charge in [0.25, 0.3) is 0 Å². The topological polar surface area (TPSA) is 41.1 Å². The first-order chi connectivity index (χ1) is 9.74. The van der Waals surface area contributed by atoms with Crippen molar-refractivity contribution in [3.05, 3.63) is 52.2 Å². The molecule has 0 aliphatic carbocycles. The van der Waals surface area contributed by atoms with Crippen molar-refractivity contribution in [3.63, 3.8) is 0 Å². The van der Waals surface area contributed by atoms with E-state index in [0.717, 1.165) is 12.2 Å². The van der Waals surface area contributed by atoms with Crippen LogP contribution in [0.5, 0.6) is 0 Å². The molecule has 3 rings (SSSR count). The lowest BCUT2D eigenvalue weighted by Gasteiger charge is -2.15. The van der Waals surface area contributed by atoms with Gasteiger partial charge in [0.2, 0.25) is 5.91 Å². The maximum Gasteiger partial charge on any atom is 0.221 e. The molecular weight excluding hydrogens is 268 g/mol. The van der Waals surface area contributed by atoms with Gasteiger partial charge in [-0.2, -0.15) is 0 Å². The van der Waals surface area contributed by atoms with Gasteiger partial charge in [0.05, 0.1) is 6.04 Å². The number of para-hydroxylation sites is 1. The number of benzene rings is 1. The molecule has 0 radical (unpaired) electrons. The molecule has 0 fully saturated rings. The summed E-state index contributed by atoms with van der Waals surface area (Å²) in [4.78, 5) is 13.4. The third kappa shape index (κ3) is 2.70. The molecular formula is C16H18N2OS. The van der Waals surface area contributed by atoms with Crippen molar-refractivity contribution in [1.82, 2.24) is 5.32 Å². The Kier molecular flexibility index (Phi) is 3.74. The summed E-state index contributed by atoms with van der Waals surface area (Å²) in [7, 11) is 0. The van der Waals surface area contributed by atoms with E-state index in [1.807, 2.05) is 30.5 Å². The third-order valence-electron chi connectivity index (χ3n) is 3.72. The molecule has 1 aliphatic rings. The Labute approximate surface area is 123 Å². The van der Waals surface area contributed by atoms with Gasteiger partial charge in [-0.25, -0.2) is 0 Å². The summed E-state index contributed by atoms with van der Waals surface area (Å²) in [6.07, 6.45) is 0.541. The quantitative estimate of drug-likeness (QED) is 0.903. The SMILES string of the molecule is CC(NC(=O)CC1CNc2ccccc21)c1cccs1. The van der Waals surface area contributed by atoms with E-state index in [-0.39, 0.29) is 17.9 Å². The minimum Gasteiger partial charge on any atom is -0.384 e. The van der Waals surface area contributed by atoms with Crippen molar-refractivity contribution in [2.45, 2.75) is 25.3 Å². The van der Waals surface area contributed by atoms with Crippen LogP contribution in [0.25, 0.3) is 0 Å². The normalized spacial score (nSPS) is 18.1. The van der Waals surface area contributed by atoms with Crippen LogP contribution in [-0.2, 0) is 4.79 Å². The number of nitrogens with one attached hydrogen (secondary N) is 2. The molecule has 3 nitrogen and oxygen atoms in total. The summed E-state index contributed by atoms with van der Waals surface area (Å²) in [6.45, 7) is 2.88. The van der Waals surface area contributed by atoms with E-state index in [2.05, 4.69) is 28.8 Å². The van der Waals surface area contributed by atoms with Crippen LogP contribution in [-0.4, -0.2) is 12.5 Å². The van der Waals surface area contributed by atoms with Gasteiger partial charge >= 0.3 is 0 Å². The number of rotatable bonds is 4. The van der Waals surface area contributed by atoms with Crippen LogP contribution in [0.4, 0.5) is 5.69 Å². The van der Waals surface area contributed by atoms with Gasteiger partial charge in [0, 0.05) is 29.4 Å². The lowest BCUT2D eigenvalue weighted by atomic mass is 9.97. The summed E-state index contributed by atoms with van der Waals surface area (Å²) in [5, 5.41) is 8.48. The van der Waals surface area contributed by atoms with Crippen molar-refractivity contribution < 1.29 is 4.79 Å². The number of carbonyl (C=O) groups excluding carboxylic acids is 1. The highest BCUT2D eigenvalue weighted by Crippen LogP contribution is 2.33. The fourth-order valence-electron chi connectivity index (χ4n) is 2.67. The van der Waals surface area contributed by atoms with E-state index < -0.39 is 0 Å². The molecule has 20 heavy (non-hydrogen) atoms. The summed E-state index contributed by atoms with van der Waals surface area (Å²) in [6, 6.07) is 12.4. The molecule has 2 unspecified atom stereocenters. The van der Waals surface area contributed by atoms with Crippen molar-refractivity contribution >= 4 is 22.9 Å². The standard InChI is InChI=1S/C16H18N2OS/c1-11(15-7-4-8-20-15)18-16(19)9-12-10-17-14-6-3-2-5-13(12)14/h2-8,11-12,17H,9-10H2,1H3,(H,18,19). The third-order valence-corrected chi connectivity index (χ3v) is 4.77. The Hall–Kier alpha value is -1.81. The molecule has 0 bridgehead atoms. The van der Waals surface area contributed by atoms with Crippen molar-refractivity contribution in [3.8, 4) is 0 Å². The van der Waals surface area contributed by atoms with Gasteiger partial charge in [-0.3, -0.25) is 4.79 Å². The zero-order chi connectivity index (χ0) is 13.9. The highest BCUT2D eigenvalue weighted by Gasteiger charge is 2.24. The van der Waals surface area contributed by atoms with E-state index >= 15 is 0 Å². The van der Waals surface area contributed by atoms with E-state index in [9.17, 15) is 4.79 Å². The molecule has 2 heterocycles. The predicted octanol–water partition coefficient (Wildman–Crippen LogP) is 3.52. The zero-order valence-electron chi connectivity index (χ0n) is 11.4. The molecule has 2 aromatic rings. The molecule has 1 aliphatic heterocycles. The maximum atomic E-state index is 12.2. The van der Waals surface area contributed by atoms with Crippen LogP contribution in [0.3, 0.4) is 0 Å². The van der Waals surface area contributed by atoms with E-state index in [4.69, 9.17) is 0 Å². The Balaban J connectivity index is 1.60. The number of hydrogen-bond donors (Lipinski definition) is 2. The Morgan fingerprint density at radius 3 is 3.05 bits per heavy atom. The second kappa shape index (κ2) is 5.67. The monoisotopic (exact) mass is 286 g/mol. The van der Waals surface area contributed by atoms with Crippen molar-refractivity contribution in [2.24, 2.45) is 0 Å². The summed E-state index contributed by atoms with van der Waals surface area (Å²) < 4.78 is 0. The van der Waals surface area contributed by atoms with Crippen molar-refractivity contribution in [1.29, 1.82) is 0 Å². The van der Waals surface area contributed by atoms with Crippen LogP contribution < -0.4 is 10.6 Å². The van der Waals surface area contributed by atoms with Crippen LogP contribution in [0, 0.1) is 0 Å². The number of hydrogen-bond acceptors (Lipinski definition) is 3.